The molecule has 1 heterocycles. The summed E-state index contributed by atoms with van der Waals surface area (Å²) in [4.78, 5) is 15.3. The standard InChI is InChI=1S/C32H48N4/c1-21(2)27-14-11-15-28(22(3)4)31(27)33-25(9)35-18-13-19-36(20-35)26(10)34-32-29(23(5)6)16-12-17-30(32)24(7)8/h11-12,14-17,21-24H,13,18-20H2,1-10H3. The second kappa shape index (κ2) is 12.1. The van der Waals surface area contributed by atoms with Gasteiger partial charge < -0.3 is 9.80 Å². The first-order chi connectivity index (χ1) is 17.0. The molecule has 2 aromatic carbocycles. The Kier molecular flexibility index (Phi) is 9.38. The zero-order chi connectivity index (χ0) is 26.6. The second-order valence-corrected chi connectivity index (χ2v) is 11.5. The van der Waals surface area contributed by atoms with Gasteiger partial charge in [0.25, 0.3) is 0 Å². The van der Waals surface area contributed by atoms with E-state index in [9.17, 15) is 0 Å². The van der Waals surface area contributed by atoms with Crippen molar-refractivity contribution in [3.8, 4) is 0 Å². The molecule has 0 amide bonds. The van der Waals surface area contributed by atoms with Gasteiger partial charge in [-0.2, -0.15) is 0 Å². The molecule has 196 valence electrons. The predicted octanol–water partition coefficient (Wildman–Crippen LogP) is 8.95. The SMILES string of the molecule is CC(=Nc1c(C(C)C)cccc1C(C)C)N1CCCN(C(C)=Nc2c(C(C)C)cccc2C(C)C)C1. The summed E-state index contributed by atoms with van der Waals surface area (Å²) in [7, 11) is 0. The fourth-order valence-electron chi connectivity index (χ4n) is 5.07. The lowest BCUT2D eigenvalue weighted by Gasteiger charge is -2.38. The van der Waals surface area contributed by atoms with Gasteiger partial charge in [0.15, 0.2) is 0 Å². The molecule has 0 aliphatic carbocycles. The highest BCUT2D eigenvalue weighted by molar-refractivity contribution is 5.86. The van der Waals surface area contributed by atoms with E-state index in [-0.39, 0.29) is 0 Å². The summed E-state index contributed by atoms with van der Waals surface area (Å²) in [6, 6.07) is 13.3. The van der Waals surface area contributed by atoms with E-state index in [2.05, 4.69) is 115 Å². The summed E-state index contributed by atoms with van der Waals surface area (Å²) in [5, 5.41) is 0. The van der Waals surface area contributed by atoms with Crippen LogP contribution < -0.4 is 0 Å². The number of aliphatic imine (C=N–C) groups is 2. The van der Waals surface area contributed by atoms with E-state index in [1.807, 2.05) is 0 Å². The summed E-state index contributed by atoms with van der Waals surface area (Å²) in [6.45, 7) is 25.3. The summed E-state index contributed by atoms with van der Waals surface area (Å²) >= 11 is 0. The first kappa shape index (κ1) is 28.0. The number of hydrogen-bond acceptors (Lipinski definition) is 2. The first-order valence-electron chi connectivity index (χ1n) is 13.9. The number of para-hydroxylation sites is 2. The summed E-state index contributed by atoms with van der Waals surface area (Å²) in [5.74, 6) is 3.95. The molecule has 4 heteroatoms. The molecule has 0 atom stereocenters. The Morgan fingerprint density at radius 2 is 0.889 bits per heavy atom. The molecule has 3 rings (SSSR count). The normalized spacial score (nSPS) is 15.7. The lowest BCUT2D eigenvalue weighted by atomic mass is 9.93. The Labute approximate surface area is 220 Å². The van der Waals surface area contributed by atoms with Crippen molar-refractivity contribution in [1.29, 1.82) is 0 Å². The molecule has 0 N–H and O–H groups in total. The highest BCUT2D eigenvalue weighted by Crippen LogP contribution is 2.36. The van der Waals surface area contributed by atoms with Crippen LogP contribution in [0.2, 0.25) is 0 Å². The molecule has 0 unspecified atom stereocenters. The van der Waals surface area contributed by atoms with Crippen LogP contribution in [0, 0.1) is 0 Å². The molecule has 1 fully saturated rings. The Hall–Kier alpha value is -2.62. The van der Waals surface area contributed by atoms with Gasteiger partial charge >= 0.3 is 0 Å². The van der Waals surface area contributed by atoms with E-state index in [0.29, 0.717) is 23.7 Å². The van der Waals surface area contributed by atoms with E-state index in [1.165, 1.54) is 22.3 Å². The van der Waals surface area contributed by atoms with Crippen molar-refractivity contribution in [3.05, 3.63) is 58.7 Å². The number of nitrogens with zero attached hydrogens (tertiary/aromatic N) is 4. The Morgan fingerprint density at radius 3 is 1.17 bits per heavy atom. The molecule has 0 radical (unpaired) electrons. The first-order valence-corrected chi connectivity index (χ1v) is 13.9. The average molecular weight is 489 g/mol. The van der Waals surface area contributed by atoms with Crippen molar-refractivity contribution in [2.45, 2.75) is 99.3 Å². The minimum absolute atomic E-state index is 0.443. The van der Waals surface area contributed by atoms with Crippen LogP contribution in [0.3, 0.4) is 0 Å². The third kappa shape index (κ3) is 6.38. The van der Waals surface area contributed by atoms with Crippen LogP contribution >= 0.6 is 0 Å². The van der Waals surface area contributed by atoms with Crippen molar-refractivity contribution in [3.63, 3.8) is 0 Å². The number of hydrogen-bond donors (Lipinski definition) is 0. The highest BCUT2D eigenvalue weighted by atomic mass is 15.4. The van der Waals surface area contributed by atoms with Crippen LogP contribution in [0.15, 0.2) is 46.4 Å². The van der Waals surface area contributed by atoms with Crippen LogP contribution in [0.25, 0.3) is 0 Å². The van der Waals surface area contributed by atoms with Gasteiger partial charge in [-0.15, -0.1) is 0 Å². The van der Waals surface area contributed by atoms with Crippen LogP contribution in [-0.4, -0.2) is 41.2 Å². The molecule has 1 aliphatic heterocycles. The van der Waals surface area contributed by atoms with Gasteiger partial charge in [-0.25, -0.2) is 9.98 Å². The molecule has 0 saturated carbocycles. The van der Waals surface area contributed by atoms with E-state index in [1.54, 1.807) is 0 Å². The fraction of sp³-hybridized carbons (Fsp3) is 0.562. The maximum atomic E-state index is 5.25. The fourth-order valence-corrected chi connectivity index (χ4v) is 5.07. The van der Waals surface area contributed by atoms with Gasteiger partial charge in [-0.3, -0.25) is 0 Å². The number of amidine groups is 2. The molecule has 4 nitrogen and oxygen atoms in total. The monoisotopic (exact) mass is 488 g/mol. The van der Waals surface area contributed by atoms with Crippen LogP contribution in [0.5, 0.6) is 0 Å². The smallest absolute Gasteiger partial charge is 0.103 e. The van der Waals surface area contributed by atoms with Crippen molar-refractivity contribution >= 4 is 23.0 Å². The average Bonchev–Trinajstić information content (AvgIpc) is 2.83. The van der Waals surface area contributed by atoms with Crippen LogP contribution in [0.4, 0.5) is 11.4 Å². The van der Waals surface area contributed by atoms with E-state index < -0.39 is 0 Å². The molecule has 2 aromatic rings. The summed E-state index contributed by atoms with van der Waals surface area (Å²) < 4.78 is 0. The molecule has 36 heavy (non-hydrogen) atoms. The minimum atomic E-state index is 0.443. The molecular formula is C32H48N4. The molecule has 1 saturated heterocycles. The number of benzene rings is 2. The maximum Gasteiger partial charge on any atom is 0.103 e. The zero-order valence-corrected chi connectivity index (χ0v) is 24.4. The van der Waals surface area contributed by atoms with Gasteiger partial charge in [0.1, 0.15) is 11.7 Å². The van der Waals surface area contributed by atoms with Gasteiger partial charge in [0.2, 0.25) is 0 Å². The largest absolute Gasteiger partial charge is 0.342 e. The lowest BCUT2D eigenvalue weighted by molar-refractivity contribution is 0.211. The highest BCUT2D eigenvalue weighted by Gasteiger charge is 2.22. The number of rotatable bonds is 6. The quantitative estimate of drug-likeness (QED) is 0.300. The molecular weight excluding hydrogens is 440 g/mol. The van der Waals surface area contributed by atoms with E-state index in [0.717, 1.165) is 49.2 Å². The van der Waals surface area contributed by atoms with Crippen LogP contribution in [0.1, 0.15) is 122 Å². The van der Waals surface area contributed by atoms with Gasteiger partial charge in [-0.1, -0.05) is 91.8 Å². The molecule has 0 aromatic heterocycles. The maximum absolute atomic E-state index is 5.25. The summed E-state index contributed by atoms with van der Waals surface area (Å²) in [5.41, 5.74) is 7.65. The lowest BCUT2D eigenvalue weighted by Crippen LogP contribution is -2.48. The minimum Gasteiger partial charge on any atom is -0.342 e. The third-order valence-corrected chi connectivity index (χ3v) is 7.34. The Morgan fingerprint density at radius 1 is 0.583 bits per heavy atom. The molecule has 0 bridgehead atoms. The van der Waals surface area contributed by atoms with Gasteiger partial charge in [0.05, 0.1) is 18.0 Å². The third-order valence-electron chi connectivity index (χ3n) is 7.34. The van der Waals surface area contributed by atoms with Crippen molar-refractivity contribution < 1.29 is 0 Å². The molecule has 0 spiro atoms. The van der Waals surface area contributed by atoms with Crippen LogP contribution in [-0.2, 0) is 0 Å². The second-order valence-electron chi connectivity index (χ2n) is 11.5. The van der Waals surface area contributed by atoms with Crippen molar-refractivity contribution in [1.82, 2.24) is 9.80 Å². The molecule has 1 aliphatic rings. The zero-order valence-electron chi connectivity index (χ0n) is 24.4. The van der Waals surface area contributed by atoms with E-state index in [4.69, 9.17) is 9.98 Å². The Balaban J connectivity index is 1.92. The summed E-state index contributed by atoms with van der Waals surface area (Å²) in [6.07, 6.45) is 1.10. The van der Waals surface area contributed by atoms with Gasteiger partial charge in [0, 0.05) is 13.1 Å². The van der Waals surface area contributed by atoms with E-state index >= 15 is 0 Å². The van der Waals surface area contributed by atoms with Crippen molar-refractivity contribution in [2.75, 3.05) is 19.8 Å². The topological polar surface area (TPSA) is 31.2 Å². The Bertz CT molecular complexity index is 953. The van der Waals surface area contributed by atoms with Crippen molar-refractivity contribution in [2.24, 2.45) is 9.98 Å². The predicted molar refractivity (Wildman–Crippen MR) is 158 cm³/mol. The van der Waals surface area contributed by atoms with Gasteiger partial charge in [-0.05, 0) is 66.2 Å².